The van der Waals surface area contributed by atoms with Crippen LogP contribution in [0, 0.1) is 11.3 Å². The van der Waals surface area contributed by atoms with Gasteiger partial charge < -0.3 is 10.0 Å². The third-order valence-electron chi connectivity index (χ3n) is 2.82. The van der Waals surface area contributed by atoms with Crippen molar-refractivity contribution in [2.45, 2.75) is 53.5 Å². The predicted molar refractivity (Wildman–Crippen MR) is 67.7 cm³/mol. The van der Waals surface area contributed by atoms with E-state index in [2.05, 4.69) is 20.8 Å². The van der Waals surface area contributed by atoms with Gasteiger partial charge in [-0.05, 0) is 24.7 Å². The van der Waals surface area contributed by atoms with Crippen molar-refractivity contribution in [1.82, 2.24) is 4.90 Å². The van der Waals surface area contributed by atoms with E-state index in [0.29, 0.717) is 6.42 Å². The lowest BCUT2D eigenvalue weighted by Crippen LogP contribution is -2.40. The fourth-order valence-corrected chi connectivity index (χ4v) is 1.94. The molecule has 0 saturated carbocycles. The Labute approximate surface area is 104 Å². The highest BCUT2D eigenvalue weighted by molar-refractivity contribution is 5.83. The molecule has 2 unspecified atom stereocenters. The van der Waals surface area contributed by atoms with Crippen molar-refractivity contribution >= 4 is 11.9 Å². The Morgan fingerprint density at radius 2 is 1.71 bits per heavy atom. The number of carboxylic acid groups (broad SMARTS) is 1. The first-order chi connectivity index (χ1) is 7.54. The van der Waals surface area contributed by atoms with Crippen LogP contribution < -0.4 is 0 Å². The first kappa shape index (κ1) is 15.9. The summed E-state index contributed by atoms with van der Waals surface area (Å²) in [6.07, 6.45) is 1.36. The molecule has 0 aliphatic carbocycles. The monoisotopic (exact) mass is 243 g/mol. The first-order valence-electron chi connectivity index (χ1n) is 6.03. The van der Waals surface area contributed by atoms with Gasteiger partial charge in [-0.15, -0.1) is 0 Å². The summed E-state index contributed by atoms with van der Waals surface area (Å²) in [5, 5.41) is 8.83. The second-order valence-corrected chi connectivity index (χ2v) is 6.09. The molecule has 0 aromatic rings. The largest absolute Gasteiger partial charge is 0.480 e. The number of carboxylic acids is 1. The van der Waals surface area contributed by atoms with E-state index >= 15 is 0 Å². The predicted octanol–water partition coefficient (Wildman–Crippen LogP) is 2.38. The highest BCUT2D eigenvalue weighted by Crippen LogP contribution is 2.26. The van der Waals surface area contributed by atoms with Crippen molar-refractivity contribution in [2.24, 2.45) is 11.3 Å². The molecule has 0 aliphatic heterocycles. The Kier molecular flexibility index (Phi) is 5.66. The number of carbonyl (C=O) groups is 2. The first-order valence-corrected chi connectivity index (χ1v) is 6.03. The van der Waals surface area contributed by atoms with Crippen molar-refractivity contribution in [3.63, 3.8) is 0 Å². The highest BCUT2D eigenvalue weighted by Gasteiger charge is 2.24. The van der Waals surface area contributed by atoms with Gasteiger partial charge in [-0.3, -0.25) is 4.79 Å². The van der Waals surface area contributed by atoms with Crippen LogP contribution in [0.25, 0.3) is 0 Å². The second-order valence-electron chi connectivity index (χ2n) is 6.09. The zero-order chi connectivity index (χ0) is 13.8. The number of amides is 1. The zero-order valence-electron chi connectivity index (χ0n) is 11.8. The van der Waals surface area contributed by atoms with Crippen molar-refractivity contribution in [1.29, 1.82) is 0 Å². The van der Waals surface area contributed by atoms with E-state index in [9.17, 15) is 9.59 Å². The van der Waals surface area contributed by atoms with Crippen LogP contribution in [-0.4, -0.2) is 35.0 Å². The number of nitrogens with zero attached hydrogens (tertiary/aromatic N) is 1. The quantitative estimate of drug-likeness (QED) is 0.806. The summed E-state index contributed by atoms with van der Waals surface area (Å²) >= 11 is 0. The molecule has 1 N–H and O–H groups in total. The molecular weight excluding hydrogens is 218 g/mol. The zero-order valence-corrected chi connectivity index (χ0v) is 11.8. The molecule has 0 spiro atoms. The molecule has 4 nitrogen and oxygen atoms in total. The Bertz CT molecular complexity index is 281. The van der Waals surface area contributed by atoms with Gasteiger partial charge in [0.15, 0.2) is 0 Å². The summed E-state index contributed by atoms with van der Waals surface area (Å²) in [4.78, 5) is 23.9. The maximum Gasteiger partial charge on any atom is 0.326 e. The number of likely N-dealkylation sites (N-methyl/N-ethyl adjacent to an activating group) is 1. The van der Waals surface area contributed by atoms with Crippen molar-refractivity contribution < 1.29 is 14.7 Å². The minimum absolute atomic E-state index is 0.100. The van der Waals surface area contributed by atoms with E-state index in [0.717, 1.165) is 6.42 Å². The van der Waals surface area contributed by atoms with Gasteiger partial charge in [0.2, 0.25) is 5.91 Å². The molecule has 0 radical (unpaired) electrons. The minimum atomic E-state index is -0.968. The van der Waals surface area contributed by atoms with Crippen LogP contribution >= 0.6 is 0 Å². The molecule has 17 heavy (non-hydrogen) atoms. The van der Waals surface area contributed by atoms with Crippen LogP contribution in [0.15, 0.2) is 0 Å². The molecule has 1 amide bonds. The van der Waals surface area contributed by atoms with Gasteiger partial charge in [-0.25, -0.2) is 4.79 Å². The minimum Gasteiger partial charge on any atom is -0.480 e. The lowest BCUT2D eigenvalue weighted by molar-refractivity contribution is -0.148. The van der Waals surface area contributed by atoms with Crippen molar-refractivity contribution in [3.05, 3.63) is 0 Å². The number of rotatable bonds is 5. The molecular formula is C13H25NO3. The van der Waals surface area contributed by atoms with Crippen LogP contribution in [-0.2, 0) is 9.59 Å². The van der Waals surface area contributed by atoms with Gasteiger partial charge in [-0.2, -0.15) is 0 Å². The Hall–Kier alpha value is -1.06. The molecule has 2 atom stereocenters. The molecule has 4 heteroatoms. The fourth-order valence-electron chi connectivity index (χ4n) is 1.94. The number of hydrogen-bond donors (Lipinski definition) is 1. The van der Waals surface area contributed by atoms with E-state index in [1.165, 1.54) is 11.8 Å². The summed E-state index contributed by atoms with van der Waals surface area (Å²) < 4.78 is 0. The maximum absolute atomic E-state index is 11.8. The van der Waals surface area contributed by atoms with E-state index in [1.54, 1.807) is 7.05 Å². The molecule has 0 aromatic carbocycles. The standard InChI is InChI=1S/C13H25NO3/c1-9(8-13(3,4)5)7-11(15)14(6)10(2)12(16)17/h9-10H,7-8H2,1-6H3,(H,16,17). The van der Waals surface area contributed by atoms with Crippen molar-refractivity contribution in [2.75, 3.05) is 7.05 Å². The van der Waals surface area contributed by atoms with E-state index < -0.39 is 12.0 Å². The Morgan fingerprint density at radius 3 is 2.06 bits per heavy atom. The van der Waals surface area contributed by atoms with Crippen LogP contribution in [0.5, 0.6) is 0 Å². The molecule has 0 aliphatic rings. The fraction of sp³-hybridized carbons (Fsp3) is 0.846. The van der Waals surface area contributed by atoms with E-state index in [4.69, 9.17) is 5.11 Å². The van der Waals surface area contributed by atoms with Gasteiger partial charge in [0.1, 0.15) is 6.04 Å². The average molecular weight is 243 g/mol. The number of hydrogen-bond acceptors (Lipinski definition) is 2. The van der Waals surface area contributed by atoms with Crippen LogP contribution in [0.2, 0.25) is 0 Å². The molecule has 0 fully saturated rings. The van der Waals surface area contributed by atoms with E-state index in [1.807, 2.05) is 6.92 Å². The molecule has 0 saturated heterocycles. The van der Waals surface area contributed by atoms with Gasteiger partial charge in [0.25, 0.3) is 0 Å². The molecule has 0 rings (SSSR count). The number of carbonyl (C=O) groups excluding carboxylic acids is 1. The van der Waals surface area contributed by atoms with Crippen molar-refractivity contribution in [3.8, 4) is 0 Å². The molecule has 100 valence electrons. The Balaban J connectivity index is 4.30. The summed E-state index contributed by atoms with van der Waals surface area (Å²) in [7, 11) is 1.55. The summed E-state index contributed by atoms with van der Waals surface area (Å²) in [5.74, 6) is -0.799. The normalized spacial score (nSPS) is 15.2. The topological polar surface area (TPSA) is 57.6 Å². The van der Waals surface area contributed by atoms with Gasteiger partial charge >= 0.3 is 5.97 Å². The maximum atomic E-state index is 11.8. The summed E-state index contributed by atoms with van der Waals surface area (Å²) in [6.45, 7) is 9.96. The van der Waals surface area contributed by atoms with Gasteiger partial charge in [0, 0.05) is 13.5 Å². The highest BCUT2D eigenvalue weighted by atomic mass is 16.4. The van der Waals surface area contributed by atoms with Crippen LogP contribution in [0.4, 0.5) is 0 Å². The summed E-state index contributed by atoms with van der Waals surface area (Å²) in [6, 6.07) is -0.760. The van der Waals surface area contributed by atoms with Crippen LogP contribution in [0.3, 0.4) is 0 Å². The van der Waals surface area contributed by atoms with E-state index in [-0.39, 0.29) is 17.2 Å². The second kappa shape index (κ2) is 6.03. The average Bonchev–Trinajstić information content (AvgIpc) is 2.11. The van der Waals surface area contributed by atoms with Gasteiger partial charge in [0.05, 0.1) is 0 Å². The Morgan fingerprint density at radius 1 is 1.24 bits per heavy atom. The lowest BCUT2D eigenvalue weighted by atomic mass is 9.84. The molecule has 0 aromatic heterocycles. The number of aliphatic carboxylic acids is 1. The lowest BCUT2D eigenvalue weighted by Gasteiger charge is -2.26. The molecule has 0 bridgehead atoms. The van der Waals surface area contributed by atoms with Gasteiger partial charge in [-0.1, -0.05) is 27.7 Å². The third kappa shape index (κ3) is 6.29. The summed E-state index contributed by atoms with van der Waals surface area (Å²) in [5.41, 5.74) is 0.191. The third-order valence-corrected chi connectivity index (χ3v) is 2.82. The smallest absolute Gasteiger partial charge is 0.326 e. The van der Waals surface area contributed by atoms with Crippen LogP contribution in [0.1, 0.15) is 47.5 Å². The SMILES string of the molecule is CC(CC(=O)N(C)C(C)C(=O)O)CC(C)(C)C. The molecule has 0 heterocycles.